The summed E-state index contributed by atoms with van der Waals surface area (Å²) in [6.45, 7) is 1.10. The molecule has 1 aromatic carbocycles. The molecule has 4 rings (SSSR count). The quantitative estimate of drug-likeness (QED) is 0.821. The highest BCUT2D eigenvalue weighted by atomic mass is 14.9. The van der Waals surface area contributed by atoms with Crippen molar-refractivity contribution in [3.8, 4) is 0 Å². The lowest BCUT2D eigenvalue weighted by atomic mass is 10.0. The first-order valence-electron chi connectivity index (χ1n) is 7.15. The second kappa shape index (κ2) is 3.86. The zero-order chi connectivity index (χ0) is 12.9. The fourth-order valence-corrected chi connectivity index (χ4v) is 3.22. The van der Waals surface area contributed by atoms with Crippen LogP contribution in [0.4, 0.5) is 11.4 Å². The second-order valence-electron chi connectivity index (χ2n) is 6.11. The number of nitrogens with one attached hydrogen (secondary N) is 1. The van der Waals surface area contributed by atoms with Gasteiger partial charge in [-0.3, -0.25) is 4.98 Å². The van der Waals surface area contributed by atoms with Gasteiger partial charge < -0.3 is 11.1 Å². The molecular formula is C16H19N3. The van der Waals surface area contributed by atoms with Crippen molar-refractivity contribution >= 4 is 22.1 Å². The Labute approximate surface area is 113 Å². The van der Waals surface area contributed by atoms with Crippen LogP contribution in [0.2, 0.25) is 0 Å². The molecule has 98 valence electrons. The van der Waals surface area contributed by atoms with Gasteiger partial charge in [-0.05, 0) is 55.2 Å². The number of anilines is 2. The molecular weight excluding hydrogens is 234 g/mol. The third-order valence-electron chi connectivity index (χ3n) is 4.82. The summed E-state index contributed by atoms with van der Waals surface area (Å²) in [5, 5.41) is 5.87. The number of aromatic nitrogens is 1. The SMILES string of the molecule is Nc1ccc(NCC2(C3CC3)CC2)c2cnccc12. The van der Waals surface area contributed by atoms with Crippen LogP contribution in [0.3, 0.4) is 0 Å². The third kappa shape index (κ3) is 1.84. The molecule has 2 aliphatic carbocycles. The van der Waals surface area contributed by atoms with E-state index < -0.39 is 0 Å². The predicted molar refractivity (Wildman–Crippen MR) is 79.0 cm³/mol. The molecule has 3 heteroatoms. The standard InChI is InChI=1S/C16H19N3/c17-14-3-4-15(13-9-18-8-5-12(13)14)19-10-16(6-7-16)11-1-2-11/h3-5,8-9,11,19H,1-2,6-7,10,17H2. The smallest absolute Gasteiger partial charge is 0.0437 e. The molecule has 3 N–H and O–H groups in total. The van der Waals surface area contributed by atoms with Crippen LogP contribution in [0.25, 0.3) is 10.8 Å². The highest BCUT2D eigenvalue weighted by Gasteiger charge is 2.53. The molecule has 3 nitrogen and oxygen atoms in total. The maximum absolute atomic E-state index is 6.02. The van der Waals surface area contributed by atoms with Gasteiger partial charge in [0, 0.05) is 41.1 Å². The fourth-order valence-electron chi connectivity index (χ4n) is 3.22. The Kier molecular flexibility index (Phi) is 2.25. The minimum Gasteiger partial charge on any atom is -0.398 e. The molecule has 2 aromatic rings. The van der Waals surface area contributed by atoms with Gasteiger partial charge >= 0.3 is 0 Å². The van der Waals surface area contributed by atoms with Crippen LogP contribution in [-0.2, 0) is 0 Å². The van der Waals surface area contributed by atoms with E-state index >= 15 is 0 Å². The van der Waals surface area contributed by atoms with Crippen molar-refractivity contribution in [2.24, 2.45) is 11.3 Å². The van der Waals surface area contributed by atoms with Crippen molar-refractivity contribution in [1.29, 1.82) is 0 Å². The third-order valence-corrected chi connectivity index (χ3v) is 4.82. The molecule has 0 saturated heterocycles. The molecule has 2 aliphatic rings. The topological polar surface area (TPSA) is 50.9 Å². The first-order chi connectivity index (χ1) is 9.28. The number of nitrogens with zero attached hydrogens (tertiary/aromatic N) is 1. The number of pyridine rings is 1. The van der Waals surface area contributed by atoms with Crippen LogP contribution < -0.4 is 11.1 Å². The van der Waals surface area contributed by atoms with Crippen molar-refractivity contribution in [2.75, 3.05) is 17.6 Å². The monoisotopic (exact) mass is 253 g/mol. The Morgan fingerprint density at radius 1 is 1.21 bits per heavy atom. The molecule has 0 unspecified atom stereocenters. The zero-order valence-corrected chi connectivity index (χ0v) is 11.0. The molecule has 0 amide bonds. The van der Waals surface area contributed by atoms with E-state index in [-0.39, 0.29) is 0 Å². The Morgan fingerprint density at radius 2 is 2.05 bits per heavy atom. The number of nitrogen functional groups attached to an aromatic ring is 1. The van der Waals surface area contributed by atoms with E-state index in [0.717, 1.165) is 28.9 Å². The summed E-state index contributed by atoms with van der Waals surface area (Å²) in [5.74, 6) is 0.984. The number of fused-ring (bicyclic) bond motifs is 1. The van der Waals surface area contributed by atoms with Gasteiger partial charge in [0.25, 0.3) is 0 Å². The predicted octanol–water partition coefficient (Wildman–Crippen LogP) is 3.42. The van der Waals surface area contributed by atoms with E-state index in [4.69, 9.17) is 5.73 Å². The van der Waals surface area contributed by atoms with Gasteiger partial charge in [0.1, 0.15) is 0 Å². The van der Waals surface area contributed by atoms with Crippen LogP contribution in [-0.4, -0.2) is 11.5 Å². The zero-order valence-electron chi connectivity index (χ0n) is 11.0. The number of nitrogens with two attached hydrogens (primary N) is 1. The summed E-state index contributed by atoms with van der Waals surface area (Å²) in [5.41, 5.74) is 8.62. The number of benzene rings is 1. The highest BCUT2D eigenvalue weighted by molar-refractivity contribution is 6.00. The maximum Gasteiger partial charge on any atom is 0.0437 e. The Bertz CT molecular complexity index is 627. The Balaban J connectivity index is 1.62. The van der Waals surface area contributed by atoms with Gasteiger partial charge in [-0.25, -0.2) is 0 Å². The molecule has 0 atom stereocenters. The van der Waals surface area contributed by atoms with Gasteiger partial charge in [-0.15, -0.1) is 0 Å². The van der Waals surface area contributed by atoms with E-state index in [9.17, 15) is 0 Å². The van der Waals surface area contributed by atoms with Gasteiger partial charge in [-0.1, -0.05) is 0 Å². The molecule has 1 aromatic heterocycles. The van der Waals surface area contributed by atoms with E-state index in [1.54, 1.807) is 6.20 Å². The van der Waals surface area contributed by atoms with Crippen LogP contribution in [0, 0.1) is 11.3 Å². The Hall–Kier alpha value is -1.77. The molecule has 0 aliphatic heterocycles. The van der Waals surface area contributed by atoms with Gasteiger partial charge in [0.15, 0.2) is 0 Å². The number of hydrogen-bond donors (Lipinski definition) is 2. The lowest BCUT2D eigenvalue weighted by molar-refractivity contribution is 0.467. The van der Waals surface area contributed by atoms with E-state index in [0.29, 0.717) is 5.41 Å². The largest absolute Gasteiger partial charge is 0.398 e. The number of rotatable bonds is 4. The normalized spacial score (nSPS) is 20.4. The maximum atomic E-state index is 6.02. The molecule has 2 saturated carbocycles. The van der Waals surface area contributed by atoms with Crippen molar-refractivity contribution in [3.63, 3.8) is 0 Å². The summed E-state index contributed by atoms with van der Waals surface area (Å²) >= 11 is 0. The van der Waals surface area contributed by atoms with Gasteiger partial charge in [0.2, 0.25) is 0 Å². The first-order valence-corrected chi connectivity index (χ1v) is 7.15. The van der Waals surface area contributed by atoms with Crippen molar-refractivity contribution in [3.05, 3.63) is 30.6 Å². The van der Waals surface area contributed by atoms with Crippen molar-refractivity contribution in [2.45, 2.75) is 25.7 Å². The molecule has 1 heterocycles. The lowest BCUT2D eigenvalue weighted by Gasteiger charge is -2.17. The summed E-state index contributed by atoms with van der Waals surface area (Å²) in [7, 11) is 0. The highest BCUT2D eigenvalue weighted by Crippen LogP contribution is 2.61. The molecule has 19 heavy (non-hydrogen) atoms. The summed E-state index contributed by atoms with van der Waals surface area (Å²) < 4.78 is 0. The average Bonchev–Trinajstić information content (AvgIpc) is 3.30. The van der Waals surface area contributed by atoms with Gasteiger partial charge in [0.05, 0.1) is 0 Å². The molecule has 0 bridgehead atoms. The summed E-state index contributed by atoms with van der Waals surface area (Å²) in [6, 6.07) is 6.06. The minimum atomic E-state index is 0.607. The van der Waals surface area contributed by atoms with Crippen molar-refractivity contribution in [1.82, 2.24) is 4.98 Å². The lowest BCUT2D eigenvalue weighted by Crippen LogP contribution is -2.17. The average molecular weight is 253 g/mol. The van der Waals surface area contributed by atoms with Crippen LogP contribution in [0.5, 0.6) is 0 Å². The van der Waals surface area contributed by atoms with Crippen LogP contribution in [0.1, 0.15) is 25.7 Å². The van der Waals surface area contributed by atoms with Gasteiger partial charge in [-0.2, -0.15) is 0 Å². The summed E-state index contributed by atoms with van der Waals surface area (Å²) in [4.78, 5) is 4.23. The first kappa shape index (κ1) is 11.1. The minimum absolute atomic E-state index is 0.607. The summed E-state index contributed by atoms with van der Waals surface area (Å²) in [6.07, 6.45) is 9.38. The van der Waals surface area contributed by atoms with E-state index in [2.05, 4.69) is 16.4 Å². The molecule has 2 fully saturated rings. The van der Waals surface area contributed by atoms with E-state index in [1.165, 1.54) is 31.4 Å². The molecule has 0 radical (unpaired) electrons. The molecule has 0 spiro atoms. The van der Waals surface area contributed by atoms with Crippen LogP contribution >= 0.6 is 0 Å². The second-order valence-corrected chi connectivity index (χ2v) is 6.11. The van der Waals surface area contributed by atoms with Crippen molar-refractivity contribution < 1.29 is 0 Å². The Morgan fingerprint density at radius 3 is 2.79 bits per heavy atom. The van der Waals surface area contributed by atoms with Crippen LogP contribution in [0.15, 0.2) is 30.6 Å². The van der Waals surface area contributed by atoms with E-state index in [1.807, 2.05) is 18.3 Å². The fraction of sp³-hybridized carbons (Fsp3) is 0.438. The number of hydrogen-bond acceptors (Lipinski definition) is 3.